The molecular formula is C14H18N4O. The quantitative estimate of drug-likeness (QED) is 0.834. The zero-order chi connectivity index (χ0) is 13.1. The van der Waals surface area contributed by atoms with Crippen LogP contribution in [-0.2, 0) is 18.3 Å². The minimum Gasteiger partial charge on any atom is -0.369 e. The minimum absolute atomic E-state index is 0.0724. The molecule has 5 nitrogen and oxygen atoms in total. The Morgan fingerprint density at radius 1 is 1.42 bits per heavy atom. The molecule has 1 aliphatic heterocycles. The molecule has 3 rings (SSSR count). The number of nitrogens with zero attached hydrogens (tertiary/aromatic N) is 4. The molecule has 1 aliphatic rings. The molecule has 0 radical (unpaired) electrons. The van der Waals surface area contributed by atoms with E-state index in [0.29, 0.717) is 0 Å². The van der Waals surface area contributed by atoms with Crippen LogP contribution in [-0.4, -0.2) is 39.1 Å². The topological polar surface area (TPSA) is 43.2 Å². The maximum absolute atomic E-state index is 5.82. The number of morpholine rings is 1. The number of hydrogen-bond donors (Lipinski definition) is 0. The highest BCUT2D eigenvalue weighted by atomic mass is 16.5. The summed E-state index contributed by atoms with van der Waals surface area (Å²) < 4.78 is 7.88. The Morgan fingerprint density at radius 3 is 3.11 bits per heavy atom. The zero-order valence-electron chi connectivity index (χ0n) is 11.1. The van der Waals surface area contributed by atoms with Crippen molar-refractivity contribution in [3.63, 3.8) is 0 Å². The standard InChI is InChI=1S/C14H18N4O/c1-17-11-15-8-12(17)9-18-6-7-19-14(10-18)13-4-2-3-5-16-13/h2-5,8,11,14H,6-7,9-10H2,1H3. The lowest BCUT2D eigenvalue weighted by atomic mass is 10.2. The van der Waals surface area contributed by atoms with Crippen molar-refractivity contribution < 1.29 is 4.74 Å². The lowest BCUT2D eigenvalue weighted by molar-refractivity contribution is -0.0355. The molecule has 0 bridgehead atoms. The summed E-state index contributed by atoms with van der Waals surface area (Å²) in [6, 6.07) is 5.96. The van der Waals surface area contributed by atoms with E-state index in [9.17, 15) is 0 Å². The highest BCUT2D eigenvalue weighted by Gasteiger charge is 2.23. The lowest BCUT2D eigenvalue weighted by Gasteiger charge is -2.32. The van der Waals surface area contributed by atoms with Gasteiger partial charge in [-0.05, 0) is 12.1 Å². The fraction of sp³-hybridized carbons (Fsp3) is 0.429. The highest BCUT2D eigenvalue weighted by Crippen LogP contribution is 2.21. The van der Waals surface area contributed by atoms with Gasteiger partial charge in [0.15, 0.2) is 0 Å². The van der Waals surface area contributed by atoms with E-state index >= 15 is 0 Å². The monoisotopic (exact) mass is 258 g/mol. The summed E-state index contributed by atoms with van der Waals surface area (Å²) in [5.74, 6) is 0. The third kappa shape index (κ3) is 2.83. The highest BCUT2D eigenvalue weighted by molar-refractivity contribution is 5.08. The molecule has 2 aromatic rings. The number of rotatable bonds is 3. The van der Waals surface area contributed by atoms with Crippen LogP contribution in [0.1, 0.15) is 17.5 Å². The van der Waals surface area contributed by atoms with Crippen LogP contribution in [0.25, 0.3) is 0 Å². The molecular weight excluding hydrogens is 240 g/mol. The third-order valence-corrected chi connectivity index (χ3v) is 3.47. The molecule has 19 heavy (non-hydrogen) atoms. The van der Waals surface area contributed by atoms with Crippen molar-refractivity contribution in [2.45, 2.75) is 12.6 Å². The maximum atomic E-state index is 5.82. The fourth-order valence-corrected chi connectivity index (χ4v) is 2.36. The van der Waals surface area contributed by atoms with Crippen molar-refractivity contribution in [2.75, 3.05) is 19.7 Å². The van der Waals surface area contributed by atoms with Gasteiger partial charge in [0, 0.05) is 39.1 Å². The summed E-state index contributed by atoms with van der Waals surface area (Å²) >= 11 is 0. The van der Waals surface area contributed by atoms with E-state index in [-0.39, 0.29) is 6.10 Å². The van der Waals surface area contributed by atoms with Crippen LogP contribution in [0.15, 0.2) is 36.9 Å². The van der Waals surface area contributed by atoms with Gasteiger partial charge in [0.05, 0.1) is 24.3 Å². The van der Waals surface area contributed by atoms with Crippen LogP contribution in [0.3, 0.4) is 0 Å². The van der Waals surface area contributed by atoms with E-state index in [1.165, 1.54) is 5.69 Å². The Bertz CT molecular complexity index is 525. The van der Waals surface area contributed by atoms with Gasteiger partial charge >= 0.3 is 0 Å². The van der Waals surface area contributed by atoms with Gasteiger partial charge in [-0.15, -0.1) is 0 Å². The van der Waals surface area contributed by atoms with Crippen LogP contribution in [0.4, 0.5) is 0 Å². The summed E-state index contributed by atoms with van der Waals surface area (Å²) in [6.45, 7) is 3.49. The van der Waals surface area contributed by atoms with E-state index in [4.69, 9.17) is 4.74 Å². The Morgan fingerprint density at radius 2 is 2.37 bits per heavy atom. The van der Waals surface area contributed by atoms with Gasteiger partial charge < -0.3 is 9.30 Å². The van der Waals surface area contributed by atoms with Gasteiger partial charge in [-0.2, -0.15) is 0 Å². The zero-order valence-corrected chi connectivity index (χ0v) is 11.1. The first kappa shape index (κ1) is 12.3. The van der Waals surface area contributed by atoms with Crippen LogP contribution in [0.5, 0.6) is 0 Å². The van der Waals surface area contributed by atoms with Gasteiger partial charge in [0.25, 0.3) is 0 Å². The molecule has 1 unspecified atom stereocenters. The number of imidazole rings is 1. The first-order valence-corrected chi connectivity index (χ1v) is 6.53. The van der Waals surface area contributed by atoms with Crippen LogP contribution >= 0.6 is 0 Å². The van der Waals surface area contributed by atoms with E-state index < -0.39 is 0 Å². The first-order valence-electron chi connectivity index (χ1n) is 6.53. The second-order valence-corrected chi connectivity index (χ2v) is 4.85. The number of pyridine rings is 1. The van der Waals surface area contributed by atoms with Crippen molar-refractivity contribution in [1.29, 1.82) is 0 Å². The van der Waals surface area contributed by atoms with Crippen LogP contribution in [0.2, 0.25) is 0 Å². The molecule has 0 N–H and O–H groups in total. The molecule has 1 atom stereocenters. The largest absolute Gasteiger partial charge is 0.369 e. The van der Waals surface area contributed by atoms with Crippen molar-refractivity contribution in [1.82, 2.24) is 19.4 Å². The summed E-state index contributed by atoms with van der Waals surface area (Å²) in [6.07, 6.45) is 5.65. The van der Waals surface area contributed by atoms with Crippen molar-refractivity contribution >= 4 is 0 Å². The van der Waals surface area contributed by atoms with Gasteiger partial charge in [-0.1, -0.05) is 6.07 Å². The third-order valence-electron chi connectivity index (χ3n) is 3.47. The predicted molar refractivity (Wildman–Crippen MR) is 71.4 cm³/mol. The maximum Gasteiger partial charge on any atom is 0.112 e. The molecule has 0 amide bonds. The van der Waals surface area contributed by atoms with E-state index in [0.717, 1.165) is 31.9 Å². The van der Waals surface area contributed by atoms with Crippen LogP contribution < -0.4 is 0 Å². The minimum atomic E-state index is 0.0724. The van der Waals surface area contributed by atoms with E-state index in [2.05, 4.69) is 19.4 Å². The molecule has 0 aromatic carbocycles. The smallest absolute Gasteiger partial charge is 0.112 e. The van der Waals surface area contributed by atoms with E-state index in [1.807, 2.05) is 44.0 Å². The second kappa shape index (κ2) is 5.50. The normalized spacial score (nSPS) is 20.6. The van der Waals surface area contributed by atoms with Gasteiger partial charge in [0.1, 0.15) is 6.10 Å². The van der Waals surface area contributed by atoms with Gasteiger partial charge in [0.2, 0.25) is 0 Å². The van der Waals surface area contributed by atoms with Gasteiger partial charge in [-0.25, -0.2) is 4.98 Å². The van der Waals surface area contributed by atoms with Crippen molar-refractivity contribution in [3.8, 4) is 0 Å². The molecule has 0 saturated carbocycles. The molecule has 2 aromatic heterocycles. The molecule has 1 saturated heterocycles. The molecule has 1 fully saturated rings. The second-order valence-electron chi connectivity index (χ2n) is 4.85. The first-order chi connectivity index (χ1) is 9.33. The summed E-state index contributed by atoms with van der Waals surface area (Å²) in [7, 11) is 2.03. The Kier molecular flexibility index (Phi) is 3.57. The summed E-state index contributed by atoms with van der Waals surface area (Å²) in [5.41, 5.74) is 2.24. The molecule has 3 heterocycles. The average Bonchev–Trinajstić information content (AvgIpc) is 2.86. The van der Waals surface area contributed by atoms with Crippen LogP contribution in [0, 0.1) is 0 Å². The van der Waals surface area contributed by atoms with Gasteiger partial charge in [-0.3, -0.25) is 9.88 Å². The predicted octanol–water partition coefficient (Wildman–Crippen LogP) is 1.39. The average molecular weight is 258 g/mol. The molecule has 5 heteroatoms. The van der Waals surface area contributed by atoms with E-state index in [1.54, 1.807) is 0 Å². The molecule has 0 aliphatic carbocycles. The molecule has 0 spiro atoms. The summed E-state index contributed by atoms with van der Waals surface area (Å²) in [5, 5.41) is 0. The molecule has 100 valence electrons. The lowest BCUT2D eigenvalue weighted by Crippen LogP contribution is -2.38. The Hall–Kier alpha value is -1.72. The summed E-state index contributed by atoms with van der Waals surface area (Å²) in [4.78, 5) is 10.9. The number of ether oxygens (including phenoxy) is 1. The van der Waals surface area contributed by atoms with Crippen molar-refractivity contribution in [2.24, 2.45) is 7.05 Å². The Labute approximate surface area is 112 Å². The Balaban J connectivity index is 1.67. The number of hydrogen-bond acceptors (Lipinski definition) is 4. The number of aryl methyl sites for hydroxylation is 1. The van der Waals surface area contributed by atoms with Crippen molar-refractivity contribution in [3.05, 3.63) is 48.3 Å². The number of aromatic nitrogens is 3. The fourth-order valence-electron chi connectivity index (χ4n) is 2.36. The SMILES string of the molecule is Cn1cncc1CN1CCOC(c2ccccn2)C1.